The number of nitro groups is 1. The highest BCUT2D eigenvalue weighted by atomic mass is 35.5. The molecule has 0 aliphatic heterocycles. The first-order valence-electron chi connectivity index (χ1n) is 7.65. The molecule has 1 atom stereocenters. The van der Waals surface area contributed by atoms with Gasteiger partial charge in [-0.15, -0.1) is 0 Å². The second-order valence-corrected chi connectivity index (χ2v) is 5.79. The smallest absolute Gasteiger partial charge is 0.331 e. The van der Waals surface area contributed by atoms with Crippen molar-refractivity contribution < 1.29 is 23.6 Å². The Morgan fingerprint density at radius 3 is 2.67 bits per heavy atom. The number of carbonyl (C=O) groups excluding carboxylic acids is 2. The van der Waals surface area contributed by atoms with Crippen LogP contribution >= 0.6 is 11.6 Å². The first-order chi connectivity index (χ1) is 12.8. The van der Waals surface area contributed by atoms with Gasteiger partial charge in [0.05, 0.1) is 15.6 Å². The molecule has 0 aliphatic carbocycles. The standard InChI is InChI=1S/C18H14ClFN2O5/c1-11(27-17(23)8-5-12-3-2-4-13(20)9-12)18(24)21-16-7-6-14(22(25)26)10-15(16)19/h2-11H,1H3,(H,21,24)/b8-5+. The van der Waals surface area contributed by atoms with Crippen LogP contribution in [0, 0.1) is 15.9 Å². The van der Waals surface area contributed by atoms with Crippen LogP contribution in [-0.4, -0.2) is 22.9 Å². The van der Waals surface area contributed by atoms with Gasteiger partial charge >= 0.3 is 5.97 Å². The third-order valence-corrected chi connectivity index (χ3v) is 3.66. The Hall–Kier alpha value is -3.26. The van der Waals surface area contributed by atoms with Crippen LogP contribution in [0.2, 0.25) is 5.02 Å². The summed E-state index contributed by atoms with van der Waals surface area (Å²) in [5, 5.41) is 13.1. The topological polar surface area (TPSA) is 98.5 Å². The van der Waals surface area contributed by atoms with E-state index in [1.807, 2.05) is 0 Å². The number of nitro benzene ring substituents is 1. The molecule has 9 heteroatoms. The summed E-state index contributed by atoms with van der Waals surface area (Å²) in [4.78, 5) is 33.9. The molecule has 2 aromatic carbocycles. The van der Waals surface area contributed by atoms with Crippen molar-refractivity contribution in [3.63, 3.8) is 0 Å². The molecule has 0 aromatic heterocycles. The highest BCUT2D eigenvalue weighted by Crippen LogP contribution is 2.26. The quantitative estimate of drug-likeness (QED) is 0.347. The fraction of sp³-hybridized carbons (Fsp3) is 0.111. The number of non-ortho nitro benzene ring substituents is 1. The summed E-state index contributed by atoms with van der Waals surface area (Å²) in [7, 11) is 0. The van der Waals surface area contributed by atoms with Crippen LogP contribution in [0.3, 0.4) is 0 Å². The predicted molar refractivity (Wildman–Crippen MR) is 97.7 cm³/mol. The van der Waals surface area contributed by atoms with E-state index in [2.05, 4.69) is 5.32 Å². The van der Waals surface area contributed by atoms with Crippen LogP contribution in [0.25, 0.3) is 6.08 Å². The molecule has 2 rings (SSSR count). The molecule has 0 saturated heterocycles. The number of carbonyl (C=O) groups is 2. The zero-order valence-electron chi connectivity index (χ0n) is 14.0. The normalized spacial score (nSPS) is 11.8. The summed E-state index contributed by atoms with van der Waals surface area (Å²) in [5.74, 6) is -1.91. The Morgan fingerprint density at radius 2 is 2.04 bits per heavy atom. The number of nitrogens with zero attached hydrogens (tertiary/aromatic N) is 1. The summed E-state index contributed by atoms with van der Waals surface area (Å²) in [6.45, 7) is 1.35. The third kappa shape index (κ3) is 5.89. The van der Waals surface area contributed by atoms with Crippen LogP contribution in [0.4, 0.5) is 15.8 Å². The molecule has 7 nitrogen and oxygen atoms in total. The number of ether oxygens (including phenoxy) is 1. The lowest BCUT2D eigenvalue weighted by molar-refractivity contribution is -0.384. The molecule has 0 bridgehead atoms. The molecular formula is C18H14ClFN2O5. The number of amides is 1. The highest BCUT2D eigenvalue weighted by Gasteiger charge is 2.18. The fourth-order valence-electron chi connectivity index (χ4n) is 1.99. The predicted octanol–water partition coefficient (Wildman–Crippen LogP) is 3.97. The highest BCUT2D eigenvalue weighted by molar-refractivity contribution is 6.34. The number of hydrogen-bond donors (Lipinski definition) is 1. The molecule has 1 unspecified atom stereocenters. The molecule has 0 heterocycles. The molecule has 0 saturated carbocycles. The lowest BCUT2D eigenvalue weighted by Crippen LogP contribution is -2.29. The van der Waals surface area contributed by atoms with Gasteiger partial charge in [-0.05, 0) is 36.8 Å². The minimum absolute atomic E-state index is 0.0259. The molecule has 0 aliphatic rings. The maximum Gasteiger partial charge on any atom is 0.331 e. The Bertz CT molecular complexity index is 916. The number of anilines is 1. The molecule has 0 radical (unpaired) electrons. The lowest BCUT2D eigenvalue weighted by Gasteiger charge is -2.13. The summed E-state index contributed by atoms with van der Waals surface area (Å²) < 4.78 is 18.0. The van der Waals surface area contributed by atoms with E-state index in [4.69, 9.17) is 16.3 Å². The summed E-state index contributed by atoms with van der Waals surface area (Å²) in [6.07, 6.45) is 1.27. The minimum atomic E-state index is -1.15. The van der Waals surface area contributed by atoms with Gasteiger partial charge in [-0.25, -0.2) is 9.18 Å². The molecule has 1 amide bonds. The number of rotatable bonds is 6. The number of halogens is 2. The maximum absolute atomic E-state index is 13.1. The number of nitrogens with one attached hydrogen (secondary N) is 1. The van der Waals surface area contributed by atoms with E-state index >= 15 is 0 Å². The minimum Gasteiger partial charge on any atom is -0.449 e. The van der Waals surface area contributed by atoms with E-state index in [-0.39, 0.29) is 16.4 Å². The summed E-state index contributed by atoms with van der Waals surface area (Å²) in [5.41, 5.74) is 0.382. The first-order valence-corrected chi connectivity index (χ1v) is 8.03. The second-order valence-electron chi connectivity index (χ2n) is 5.38. The van der Waals surface area contributed by atoms with E-state index in [1.165, 1.54) is 43.3 Å². The Kier molecular flexibility index (Phi) is 6.62. The maximum atomic E-state index is 13.1. The van der Waals surface area contributed by atoms with E-state index in [9.17, 15) is 24.1 Å². The van der Waals surface area contributed by atoms with Gasteiger partial charge in [0, 0.05) is 18.2 Å². The lowest BCUT2D eigenvalue weighted by atomic mass is 10.2. The average molecular weight is 393 g/mol. The number of esters is 1. The summed E-state index contributed by atoms with van der Waals surface area (Å²) in [6, 6.07) is 9.14. The molecule has 1 N–H and O–H groups in total. The molecule has 27 heavy (non-hydrogen) atoms. The van der Waals surface area contributed by atoms with Crippen LogP contribution < -0.4 is 5.32 Å². The second kappa shape index (κ2) is 8.91. The van der Waals surface area contributed by atoms with E-state index < -0.39 is 28.7 Å². The molecule has 0 spiro atoms. The van der Waals surface area contributed by atoms with E-state index in [1.54, 1.807) is 6.07 Å². The van der Waals surface area contributed by atoms with Crippen LogP contribution in [0.1, 0.15) is 12.5 Å². The van der Waals surface area contributed by atoms with Crippen molar-refractivity contribution >= 4 is 40.9 Å². The Morgan fingerprint density at radius 1 is 1.30 bits per heavy atom. The molecule has 140 valence electrons. The summed E-state index contributed by atoms with van der Waals surface area (Å²) >= 11 is 5.89. The Balaban J connectivity index is 1.95. The largest absolute Gasteiger partial charge is 0.449 e. The average Bonchev–Trinajstić information content (AvgIpc) is 2.61. The Labute approximate surface area is 158 Å². The van der Waals surface area contributed by atoms with E-state index in [0.29, 0.717) is 5.56 Å². The SMILES string of the molecule is CC(OC(=O)/C=C/c1cccc(F)c1)C(=O)Nc1ccc([N+](=O)[O-])cc1Cl. The van der Waals surface area contributed by atoms with Gasteiger partial charge in [0.1, 0.15) is 5.82 Å². The monoisotopic (exact) mass is 392 g/mol. The molecular weight excluding hydrogens is 379 g/mol. The van der Waals surface area contributed by atoms with Crippen LogP contribution in [0.5, 0.6) is 0 Å². The zero-order chi connectivity index (χ0) is 20.0. The van der Waals surface area contributed by atoms with Gasteiger partial charge in [-0.2, -0.15) is 0 Å². The van der Waals surface area contributed by atoms with Gasteiger partial charge in [0.25, 0.3) is 11.6 Å². The van der Waals surface area contributed by atoms with Gasteiger partial charge in [-0.1, -0.05) is 23.7 Å². The third-order valence-electron chi connectivity index (χ3n) is 3.34. The number of benzene rings is 2. The van der Waals surface area contributed by atoms with Crippen molar-refractivity contribution in [2.75, 3.05) is 5.32 Å². The first kappa shape index (κ1) is 20.1. The fourth-order valence-corrected chi connectivity index (χ4v) is 2.22. The zero-order valence-corrected chi connectivity index (χ0v) is 14.8. The van der Waals surface area contributed by atoms with Crippen LogP contribution in [-0.2, 0) is 14.3 Å². The van der Waals surface area contributed by atoms with Gasteiger partial charge < -0.3 is 10.1 Å². The van der Waals surface area contributed by atoms with Crippen molar-refractivity contribution in [1.82, 2.24) is 0 Å². The van der Waals surface area contributed by atoms with Crippen LogP contribution in [0.15, 0.2) is 48.5 Å². The van der Waals surface area contributed by atoms with Crippen molar-refractivity contribution in [1.29, 1.82) is 0 Å². The van der Waals surface area contributed by atoms with Gasteiger partial charge in [-0.3, -0.25) is 14.9 Å². The van der Waals surface area contributed by atoms with Crippen molar-refractivity contribution in [3.05, 3.63) is 75.1 Å². The van der Waals surface area contributed by atoms with E-state index in [0.717, 1.165) is 12.1 Å². The van der Waals surface area contributed by atoms with Crippen molar-refractivity contribution in [2.45, 2.75) is 13.0 Å². The van der Waals surface area contributed by atoms with Gasteiger partial charge in [0.15, 0.2) is 6.10 Å². The molecule has 0 fully saturated rings. The van der Waals surface area contributed by atoms with Crippen molar-refractivity contribution in [2.24, 2.45) is 0 Å². The van der Waals surface area contributed by atoms with Crippen molar-refractivity contribution in [3.8, 4) is 0 Å². The van der Waals surface area contributed by atoms with Gasteiger partial charge in [0.2, 0.25) is 0 Å². The number of hydrogen-bond acceptors (Lipinski definition) is 5. The molecule has 2 aromatic rings.